The number of piperidine rings is 1. The Hall–Kier alpha value is -2.54. The Kier molecular flexibility index (Phi) is 5.73. The van der Waals surface area contributed by atoms with Crippen LogP contribution < -0.4 is 10.5 Å². The maximum atomic E-state index is 13.4. The minimum absolute atomic E-state index is 0.0406. The number of nitrogens with one attached hydrogen (secondary N) is 2. The van der Waals surface area contributed by atoms with Gasteiger partial charge in [0.15, 0.2) is 6.04 Å². The summed E-state index contributed by atoms with van der Waals surface area (Å²) in [5.74, 6) is 1.50. The Bertz CT molecular complexity index is 1140. The quantitative estimate of drug-likeness (QED) is 0.661. The van der Waals surface area contributed by atoms with Crippen LogP contribution in [0.1, 0.15) is 75.5 Å². The molecule has 0 radical (unpaired) electrons. The van der Waals surface area contributed by atoms with Crippen molar-refractivity contribution < 1.29 is 4.90 Å². The monoisotopic (exact) mass is 423 g/mol. The minimum Gasteiger partial charge on any atom is -0.322 e. The van der Waals surface area contributed by atoms with Crippen LogP contribution in [-0.4, -0.2) is 38.3 Å². The highest BCUT2D eigenvalue weighted by Gasteiger charge is 2.38. The fraction of sp³-hybridized carbons (Fsp3) is 0.583. The summed E-state index contributed by atoms with van der Waals surface area (Å²) in [6.07, 6.45) is 3.19. The van der Waals surface area contributed by atoms with Gasteiger partial charge < -0.3 is 9.88 Å². The zero-order valence-corrected chi connectivity index (χ0v) is 19.6. The molecule has 3 aromatic rings. The van der Waals surface area contributed by atoms with Crippen molar-refractivity contribution in [1.29, 1.82) is 0 Å². The van der Waals surface area contributed by atoms with E-state index in [2.05, 4.69) is 73.3 Å². The van der Waals surface area contributed by atoms with E-state index in [1.165, 1.54) is 4.90 Å². The van der Waals surface area contributed by atoms with Gasteiger partial charge in [-0.15, -0.1) is 5.10 Å². The molecule has 1 aliphatic heterocycles. The lowest BCUT2D eigenvalue weighted by Crippen LogP contribution is -3.13. The number of rotatable bonds is 5. The summed E-state index contributed by atoms with van der Waals surface area (Å²) in [4.78, 5) is 18.0. The second kappa shape index (κ2) is 8.19. The van der Waals surface area contributed by atoms with Crippen LogP contribution in [0.5, 0.6) is 0 Å². The van der Waals surface area contributed by atoms with Crippen LogP contribution in [0.15, 0.2) is 23.0 Å². The average Bonchev–Trinajstić information content (AvgIpc) is 3.23. The van der Waals surface area contributed by atoms with Crippen LogP contribution in [0.3, 0.4) is 0 Å². The van der Waals surface area contributed by atoms with E-state index in [4.69, 9.17) is 0 Å². The number of tetrazole rings is 1. The topological polar surface area (TPSA) is 80.9 Å². The number of likely N-dealkylation sites (tertiary alicyclic amines) is 1. The van der Waals surface area contributed by atoms with Gasteiger partial charge in [-0.05, 0) is 80.5 Å². The second-order valence-corrected chi connectivity index (χ2v) is 9.93. The Morgan fingerprint density at radius 1 is 1.23 bits per heavy atom. The van der Waals surface area contributed by atoms with Gasteiger partial charge in [-0.3, -0.25) is 4.79 Å². The molecule has 1 saturated heterocycles. The highest BCUT2D eigenvalue weighted by atomic mass is 16.1. The lowest BCUT2D eigenvalue weighted by Gasteiger charge is -2.34. The number of quaternary nitrogens is 1. The maximum absolute atomic E-state index is 13.4. The van der Waals surface area contributed by atoms with Gasteiger partial charge in [-0.1, -0.05) is 26.0 Å². The molecule has 1 aliphatic rings. The lowest BCUT2D eigenvalue weighted by molar-refractivity contribution is -0.932. The highest BCUT2D eigenvalue weighted by Crippen LogP contribution is 2.27. The molecule has 1 aromatic carbocycles. The molecule has 166 valence electrons. The molecule has 0 amide bonds. The van der Waals surface area contributed by atoms with Crippen molar-refractivity contribution in [2.75, 3.05) is 13.1 Å². The van der Waals surface area contributed by atoms with Crippen molar-refractivity contribution in [3.05, 3.63) is 51.1 Å². The smallest absolute Gasteiger partial charge is 0.258 e. The van der Waals surface area contributed by atoms with E-state index in [-0.39, 0.29) is 17.1 Å². The third-order valence-corrected chi connectivity index (χ3v) is 7.30. The minimum atomic E-state index is -0.226. The van der Waals surface area contributed by atoms with Crippen LogP contribution in [0, 0.1) is 19.8 Å². The molecule has 0 unspecified atom stereocenters. The molecule has 1 atom stereocenters. The number of aromatic nitrogens is 5. The summed E-state index contributed by atoms with van der Waals surface area (Å²) in [5.41, 5.74) is 3.65. The van der Waals surface area contributed by atoms with Crippen LogP contribution >= 0.6 is 0 Å². The number of nitrogens with zero attached hydrogens (tertiary/aromatic N) is 4. The number of hydrogen-bond acceptors (Lipinski definition) is 4. The van der Waals surface area contributed by atoms with E-state index in [0.29, 0.717) is 5.92 Å². The van der Waals surface area contributed by atoms with Gasteiger partial charge in [-0.25, -0.2) is 4.68 Å². The van der Waals surface area contributed by atoms with Crippen molar-refractivity contribution in [3.8, 4) is 0 Å². The number of fused-ring (bicyclic) bond motifs is 1. The third-order valence-electron chi connectivity index (χ3n) is 7.30. The zero-order valence-electron chi connectivity index (χ0n) is 19.6. The lowest BCUT2D eigenvalue weighted by atomic mass is 9.94. The molecule has 0 aliphatic carbocycles. The van der Waals surface area contributed by atoms with Gasteiger partial charge in [0.1, 0.15) is 0 Å². The van der Waals surface area contributed by atoms with Gasteiger partial charge in [0.25, 0.3) is 5.56 Å². The summed E-state index contributed by atoms with van der Waals surface area (Å²) in [6, 6.07) is 6.08. The predicted molar refractivity (Wildman–Crippen MR) is 122 cm³/mol. The van der Waals surface area contributed by atoms with E-state index in [1.807, 2.05) is 11.6 Å². The van der Waals surface area contributed by atoms with Gasteiger partial charge in [0, 0.05) is 5.39 Å². The number of H-pyrrole nitrogens is 1. The molecular formula is C24H35N6O+. The molecular weight excluding hydrogens is 388 g/mol. The molecule has 7 nitrogen and oxygen atoms in total. The molecule has 2 N–H and O–H groups in total. The number of hydrogen-bond donors (Lipinski definition) is 2. The largest absolute Gasteiger partial charge is 0.322 e. The summed E-state index contributed by atoms with van der Waals surface area (Å²) in [6.45, 7) is 14.9. The summed E-state index contributed by atoms with van der Waals surface area (Å²) < 4.78 is 1.94. The van der Waals surface area contributed by atoms with Gasteiger partial charge >= 0.3 is 0 Å². The van der Waals surface area contributed by atoms with Crippen LogP contribution in [0.2, 0.25) is 0 Å². The van der Waals surface area contributed by atoms with Crippen molar-refractivity contribution in [3.63, 3.8) is 0 Å². The van der Waals surface area contributed by atoms with Gasteiger partial charge in [0.05, 0.1) is 29.7 Å². The Balaban J connectivity index is 1.93. The normalized spacial score (nSPS) is 20.8. The Morgan fingerprint density at radius 2 is 1.90 bits per heavy atom. The first-order valence-electron chi connectivity index (χ1n) is 11.5. The molecule has 0 saturated carbocycles. The number of pyridine rings is 1. The molecule has 2 aromatic heterocycles. The molecule has 7 heteroatoms. The SMILES string of the molecule is CCC(C)(C)n1nnnc1[C@H](c1cc2c(C)ccc(C)c2[nH]c1=O)[NH+]1CCC(C)CC1. The van der Waals surface area contributed by atoms with Crippen molar-refractivity contribution in [2.24, 2.45) is 5.92 Å². The predicted octanol–water partition coefficient (Wildman–Crippen LogP) is 2.68. The first-order chi connectivity index (χ1) is 14.7. The molecule has 0 bridgehead atoms. The van der Waals surface area contributed by atoms with Crippen LogP contribution in [-0.2, 0) is 5.54 Å². The number of aromatic amines is 1. The average molecular weight is 424 g/mol. The first-order valence-corrected chi connectivity index (χ1v) is 11.5. The summed E-state index contributed by atoms with van der Waals surface area (Å²) >= 11 is 0. The molecule has 3 heterocycles. The van der Waals surface area contributed by atoms with Crippen LogP contribution in [0.25, 0.3) is 10.9 Å². The molecule has 1 fully saturated rings. The Labute approximate surface area is 183 Å². The van der Waals surface area contributed by atoms with Crippen molar-refractivity contribution >= 4 is 10.9 Å². The van der Waals surface area contributed by atoms with E-state index in [0.717, 1.165) is 65.8 Å². The fourth-order valence-electron chi connectivity index (χ4n) is 4.72. The second-order valence-electron chi connectivity index (χ2n) is 9.93. The third kappa shape index (κ3) is 3.91. The van der Waals surface area contributed by atoms with Gasteiger partial charge in [0.2, 0.25) is 5.82 Å². The molecule has 0 spiro atoms. The standard InChI is InChI=1S/C24H34N6O/c1-7-24(5,6)30-22(26-27-28-30)21(29-12-10-15(2)11-13-29)19-14-18-16(3)8-9-17(4)20(18)25-23(19)31/h8-9,14-15,21H,7,10-13H2,1-6H3,(H,25,31)/p+1/t21-/m0/s1. The highest BCUT2D eigenvalue weighted by molar-refractivity contribution is 5.85. The molecule has 4 rings (SSSR count). The van der Waals surface area contributed by atoms with E-state index in [9.17, 15) is 4.79 Å². The van der Waals surface area contributed by atoms with Crippen molar-refractivity contribution in [1.82, 2.24) is 25.2 Å². The van der Waals surface area contributed by atoms with Crippen LogP contribution in [0.4, 0.5) is 0 Å². The molecule has 31 heavy (non-hydrogen) atoms. The maximum Gasteiger partial charge on any atom is 0.258 e. The van der Waals surface area contributed by atoms with Crippen molar-refractivity contribution in [2.45, 2.75) is 72.4 Å². The first kappa shape index (κ1) is 21.7. The number of benzene rings is 1. The van der Waals surface area contributed by atoms with E-state index in [1.54, 1.807) is 0 Å². The van der Waals surface area contributed by atoms with Gasteiger partial charge in [-0.2, -0.15) is 0 Å². The van der Waals surface area contributed by atoms with E-state index >= 15 is 0 Å². The fourth-order valence-corrected chi connectivity index (χ4v) is 4.72. The summed E-state index contributed by atoms with van der Waals surface area (Å²) in [7, 11) is 0. The summed E-state index contributed by atoms with van der Waals surface area (Å²) in [5, 5.41) is 14.0. The number of aryl methyl sites for hydroxylation is 2. The zero-order chi connectivity index (χ0) is 22.3. The van der Waals surface area contributed by atoms with E-state index < -0.39 is 0 Å². The Morgan fingerprint density at radius 3 is 2.58 bits per heavy atom.